The first-order chi connectivity index (χ1) is 10.2. The molecule has 3 rings (SSSR count). The van der Waals surface area contributed by atoms with Gasteiger partial charge in [0.2, 0.25) is 0 Å². The van der Waals surface area contributed by atoms with Gasteiger partial charge in [0, 0.05) is 28.8 Å². The predicted octanol–water partition coefficient (Wildman–Crippen LogP) is 3.81. The summed E-state index contributed by atoms with van der Waals surface area (Å²) in [5.41, 5.74) is 1.57. The molecule has 2 aromatic rings. The topological polar surface area (TPSA) is 34.2 Å². The molecule has 1 fully saturated rings. The minimum atomic E-state index is -0.372. The highest BCUT2D eigenvalue weighted by atomic mass is 79.9. The quantitative estimate of drug-likeness (QED) is 0.859. The Balaban J connectivity index is 1.63. The molecule has 0 spiro atoms. The number of benzene rings is 1. The summed E-state index contributed by atoms with van der Waals surface area (Å²) < 4.78 is 20.8. The smallest absolute Gasteiger partial charge is 0.251 e. The largest absolute Gasteiger partial charge is 0.471 e. The lowest BCUT2D eigenvalue weighted by Gasteiger charge is -2.10. The SMILES string of the molecule is Fc1c(CNC2CC2)ccnc1OCc1ccc(Br)cc1. The summed E-state index contributed by atoms with van der Waals surface area (Å²) >= 11 is 3.38. The molecule has 1 N–H and O–H groups in total. The van der Waals surface area contributed by atoms with Gasteiger partial charge in [-0.25, -0.2) is 9.37 Å². The molecule has 5 heteroatoms. The number of rotatable bonds is 6. The van der Waals surface area contributed by atoms with E-state index in [0.29, 0.717) is 24.8 Å². The van der Waals surface area contributed by atoms with E-state index in [1.165, 1.54) is 12.8 Å². The Morgan fingerprint density at radius 2 is 2.00 bits per heavy atom. The Morgan fingerprint density at radius 3 is 2.71 bits per heavy atom. The van der Waals surface area contributed by atoms with E-state index in [1.807, 2.05) is 24.3 Å². The van der Waals surface area contributed by atoms with Crippen LogP contribution in [0.4, 0.5) is 4.39 Å². The Morgan fingerprint density at radius 1 is 1.24 bits per heavy atom. The van der Waals surface area contributed by atoms with Crippen LogP contribution in [0, 0.1) is 5.82 Å². The third kappa shape index (κ3) is 4.02. The van der Waals surface area contributed by atoms with E-state index in [4.69, 9.17) is 4.74 Å². The van der Waals surface area contributed by atoms with Crippen LogP contribution in [0.1, 0.15) is 24.0 Å². The molecular weight excluding hydrogens is 335 g/mol. The van der Waals surface area contributed by atoms with Crippen molar-refractivity contribution < 1.29 is 9.13 Å². The van der Waals surface area contributed by atoms with Gasteiger partial charge in [0.15, 0.2) is 5.82 Å². The van der Waals surface area contributed by atoms with Gasteiger partial charge in [-0.05, 0) is 36.6 Å². The van der Waals surface area contributed by atoms with Gasteiger partial charge in [-0.1, -0.05) is 28.1 Å². The molecule has 1 heterocycles. The lowest BCUT2D eigenvalue weighted by molar-refractivity contribution is 0.276. The summed E-state index contributed by atoms with van der Waals surface area (Å²) in [6.45, 7) is 0.824. The van der Waals surface area contributed by atoms with Crippen molar-refractivity contribution in [3.05, 3.63) is 57.9 Å². The van der Waals surface area contributed by atoms with Crippen molar-refractivity contribution in [3.63, 3.8) is 0 Å². The number of nitrogens with one attached hydrogen (secondary N) is 1. The third-order valence-corrected chi connectivity index (χ3v) is 3.91. The van der Waals surface area contributed by atoms with Crippen molar-refractivity contribution >= 4 is 15.9 Å². The fraction of sp³-hybridized carbons (Fsp3) is 0.312. The molecule has 0 unspecified atom stereocenters. The highest BCUT2D eigenvalue weighted by Gasteiger charge is 2.21. The molecule has 3 nitrogen and oxygen atoms in total. The molecule has 1 aromatic carbocycles. The molecule has 0 atom stereocenters. The van der Waals surface area contributed by atoms with Crippen LogP contribution in [0.5, 0.6) is 5.88 Å². The van der Waals surface area contributed by atoms with E-state index in [2.05, 4.69) is 26.2 Å². The minimum absolute atomic E-state index is 0.0630. The van der Waals surface area contributed by atoms with Crippen molar-refractivity contribution in [2.24, 2.45) is 0 Å². The average Bonchev–Trinajstić information content (AvgIpc) is 3.31. The number of nitrogens with zero attached hydrogens (tertiary/aromatic N) is 1. The van der Waals surface area contributed by atoms with Crippen LogP contribution in [-0.4, -0.2) is 11.0 Å². The van der Waals surface area contributed by atoms with Crippen LogP contribution in [0.2, 0.25) is 0 Å². The minimum Gasteiger partial charge on any atom is -0.471 e. The second kappa shape index (κ2) is 6.54. The Labute approximate surface area is 131 Å². The first-order valence-electron chi connectivity index (χ1n) is 6.96. The van der Waals surface area contributed by atoms with E-state index in [-0.39, 0.29) is 11.7 Å². The van der Waals surface area contributed by atoms with Crippen molar-refractivity contribution in [2.75, 3.05) is 0 Å². The predicted molar refractivity (Wildman–Crippen MR) is 82.5 cm³/mol. The Bertz CT molecular complexity index is 614. The van der Waals surface area contributed by atoms with Crippen LogP contribution in [-0.2, 0) is 13.2 Å². The van der Waals surface area contributed by atoms with Crippen molar-refractivity contribution in [1.29, 1.82) is 0 Å². The molecule has 21 heavy (non-hydrogen) atoms. The summed E-state index contributed by atoms with van der Waals surface area (Å²) in [4.78, 5) is 3.98. The van der Waals surface area contributed by atoms with Crippen molar-refractivity contribution in [3.8, 4) is 5.88 Å². The average molecular weight is 351 g/mol. The standard InChI is InChI=1S/C16H16BrFN2O/c17-13-3-1-11(2-4-13)10-21-16-15(18)12(7-8-19-16)9-20-14-5-6-14/h1-4,7-8,14,20H,5-6,9-10H2. The lowest BCUT2D eigenvalue weighted by Crippen LogP contribution is -2.16. The molecule has 0 amide bonds. The van der Waals surface area contributed by atoms with Crippen LogP contribution in [0.15, 0.2) is 41.0 Å². The Kier molecular flexibility index (Phi) is 4.51. The maximum absolute atomic E-state index is 14.3. The summed E-state index contributed by atoms with van der Waals surface area (Å²) in [7, 11) is 0. The van der Waals surface area contributed by atoms with Gasteiger partial charge >= 0.3 is 0 Å². The van der Waals surface area contributed by atoms with E-state index in [1.54, 1.807) is 12.3 Å². The summed E-state index contributed by atoms with van der Waals surface area (Å²) in [6, 6.07) is 9.96. The molecule has 0 bridgehead atoms. The number of aromatic nitrogens is 1. The zero-order valence-electron chi connectivity index (χ0n) is 11.5. The second-order valence-electron chi connectivity index (χ2n) is 5.16. The summed E-state index contributed by atoms with van der Waals surface area (Å²) in [5.74, 6) is -0.309. The summed E-state index contributed by atoms with van der Waals surface area (Å²) in [5, 5.41) is 3.29. The molecule has 0 radical (unpaired) electrons. The van der Waals surface area contributed by atoms with Gasteiger partial charge < -0.3 is 10.1 Å². The van der Waals surface area contributed by atoms with E-state index >= 15 is 0 Å². The monoisotopic (exact) mass is 350 g/mol. The van der Waals surface area contributed by atoms with Gasteiger partial charge in [0.25, 0.3) is 5.88 Å². The van der Waals surface area contributed by atoms with Crippen LogP contribution in [0.25, 0.3) is 0 Å². The number of ether oxygens (including phenoxy) is 1. The maximum Gasteiger partial charge on any atom is 0.251 e. The zero-order valence-corrected chi connectivity index (χ0v) is 13.1. The lowest BCUT2D eigenvalue weighted by atomic mass is 10.2. The fourth-order valence-electron chi connectivity index (χ4n) is 1.97. The molecule has 1 aliphatic rings. The number of hydrogen-bond acceptors (Lipinski definition) is 3. The molecule has 0 saturated heterocycles. The van der Waals surface area contributed by atoms with Crippen molar-refractivity contribution in [2.45, 2.75) is 32.0 Å². The number of pyridine rings is 1. The molecule has 0 aliphatic heterocycles. The molecular formula is C16H16BrFN2O. The van der Waals surface area contributed by atoms with Gasteiger partial charge in [0.1, 0.15) is 6.61 Å². The highest BCUT2D eigenvalue weighted by molar-refractivity contribution is 9.10. The number of hydrogen-bond donors (Lipinski definition) is 1. The first-order valence-corrected chi connectivity index (χ1v) is 7.75. The van der Waals surface area contributed by atoms with Gasteiger partial charge in [-0.15, -0.1) is 0 Å². The zero-order chi connectivity index (χ0) is 14.7. The number of halogens is 2. The third-order valence-electron chi connectivity index (χ3n) is 3.38. The van der Waals surface area contributed by atoms with Crippen LogP contribution < -0.4 is 10.1 Å². The second-order valence-corrected chi connectivity index (χ2v) is 6.08. The fourth-order valence-corrected chi connectivity index (χ4v) is 2.24. The Hall–Kier alpha value is -1.46. The summed E-state index contributed by atoms with van der Waals surface area (Å²) in [6.07, 6.45) is 3.95. The normalized spacial score (nSPS) is 14.2. The van der Waals surface area contributed by atoms with Gasteiger partial charge in [-0.3, -0.25) is 0 Å². The van der Waals surface area contributed by atoms with Crippen LogP contribution >= 0.6 is 15.9 Å². The van der Waals surface area contributed by atoms with Crippen molar-refractivity contribution in [1.82, 2.24) is 10.3 Å². The maximum atomic E-state index is 14.3. The van der Waals surface area contributed by atoms with Gasteiger partial charge in [-0.2, -0.15) is 0 Å². The molecule has 1 aromatic heterocycles. The highest BCUT2D eigenvalue weighted by Crippen LogP contribution is 2.22. The van der Waals surface area contributed by atoms with E-state index in [9.17, 15) is 4.39 Å². The first kappa shape index (κ1) is 14.5. The van der Waals surface area contributed by atoms with E-state index < -0.39 is 0 Å². The molecule has 110 valence electrons. The van der Waals surface area contributed by atoms with Gasteiger partial charge in [0.05, 0.1) is 0 Å². The van der Waals surface area contributed by atoms with E-state index in [0.717, 1.165) is 10.0 Å². The molecule has 1 saturated carbocycles. The van der Waals surface area contributed by atoms with Crippen LogP contribution in [0.3, 0.4) is 0 Å². The molecule has 1 aliphatic carbocycles.